The Morgan fingerprint density at radius 3 is 2.91 bits per heavy atom. The summed E-state index contributed by atoms with van der Waals surface area (Å²) in [5.41, 5.74) is 3.60. The smallest absolute Gasteiger partial charge is 0.254 e. The van der Waals surface area contributed by atoms with Gasteiger partial charge in [0.15, 0.2) is 0 Å². The molecule has 0 spiro atoms. The van der Waals surface area contributed by atoms with E-state index in [1.165, 1.54) is 30.4 Å². The number of nitrogens with zero attached hydrogens (tertiary/aromatic N) is 1. The van der Waals surface area contributed by atoms with Crippen molar-refractivity contribution in [1.82, 2.24) is 15.5 Å². The van der Waals surface area contributed by atoms with E-state index in [-0.39, 0.29) is 5.91 Å². The number of hydrogen-bond donors (Lipinski definition) is 2. The number of amides is 1. The Hall–Kier alpha value is -1.39. The molecule has 2 fully saturated rings. The summed E-state index contributed by atoms with van der Waals surface area (Å²) in [6, 6.07) is 7.55. The van der Waals surface area contributed by atoms with Crippen LogP contribution in [0.4, 0.5) is 0 Å². The Labute approximate surface area is 138 Å². The van der Waals surface area contributed by atoms with Crippen molar-refractivity contribution < 1.29 is 4.79 Å². The molecule has 1 amide bonds. The Kier molecular flexibility index (Phi) is 4.12. The van der Waals surface area contributed by atoms with E-state index in [1.807, 2.05) is 0 Å². The molecule has 3 aliphatic heterocycles. The van der Waals surface area contributed by atoms with Gasteiger partial charge in [0.05, 0.1) is 0 Å². The molecule has 2 saturated heterocycles. The first-order chi connectivity index (χ1) is 11.2. The highest BCUT2D eigenvalue weighted by Gasteiger charge is 2.33. The fourth-order valence-corrected chi connectivity index (χ4v) is 4.45. The largest absolute Gasteiger partial charge is 0.330 e. The lowest BCUT2D eigenvalue weighted by Crippen LogP contribution is -2.46. The van der Waals surface area contributed by atoms with E-state index in [0.717, 1.165) is 38.2 Å². The van der Waals surface area contributed by atoms with Gasteiger partial charge < -0.3 is 15.5 Å². The summed E-state index contributed by atoms with van der Waals surface area (Å²) >= 11 is 0. The van der Waals surface area contributed by atoms with Crippen LogP contribution in [0, 0.1) is 0 Å². The van der Waals surface area contributed by atoms with E-state index < -0.39 is 0 Å². The first-order valence-electron chi connectivity index (χ1n) is 9.10. The molecule has 0 bridgehead atoms. The Morgan fingerprint density at radius 1 is 1.22 bits per heavy atom. The maximum absolute atomic E-state index is 12.7. The molecule has 124 valence electrons. The van der Waals surface area contributed by atoms with Crippen molar-refractivity contribution in [2.24, 2.45) is 0 Å². The minimum Gasteiger partial charge on any atom is -0.330 e. The van der Waals surface area contributed by atoms with E-state index in [9.17, 15) is 4.79 Å². The summed E-state index contributed by atoms with van der Waals surface area (Å²) in [6.45, 7) is 6.19. The van der Waals surface area contributed by atoms with Gasteiger partial charge in [-0.05, 0) is 68.8 Å². The molecule has 1 aromatic carbocycles. The number of piperidine rings is 2. The molecule has 3 aliphatic rings. The van der Waals surface area contributed by atoms with Crippen molar-refractivity contribution in [2.45, 2.75) is 57.2 Å². The molecule has 1 aromatic rings. The van der Waals surface area contributed by atoms with Gasteiger partial charge in [-0.25, -0.2) is 0 Å². The normalized spacial score (nSPS) is 31.3. The van der Waals surface area contributed by atoms with Gasteiger partial charge in [-0.2, -0.15) is 0 Å². The molecule has 3 heterocycles. The summed E-state index contributed by atoms with van der Waals surface area (Å²) in [6.07, 6.45) is 4.70. The lowest BCUT2D eigenvalue weighted by molar-refractivity contribution is 0.0674. The molecular formula is C19H27N3O. The lowest BCUT2D eigenvalue weighted by atomic mass is 9.86. The number of carbonyl (C=O) groups is 1. The topological polar surface area (TPSA) is 44.4 Å². The monoisotopic (exact) mass is 313 g/mol. The standard InChI is InChI=1S/C19H27N3O/c1-13-9-15(6-8-21-13)14-4-5-18-16(10-14)12-22(19(18)23)17-3-2-7-20-11-17/h4-5,10,13,15,17,20-21H,2-3,6-9,11-12H2,1H3. The molecular weight excluding hydrogens is 286 g/mol. The molecule has 3 unspecified atom stereocenters. The maximum atomic E-state index is 12.7. The minimum absolute atomic E-state index is 0.235. The molecule has 23 heavy (non-hydrogen) atoms. The van der Waals surface area contributed by atoms with Crippen LogP contribution in [0.3, 0.4) is 0 Å². The highest BCUT2D eigenvalue weighted by Crippen LogP contribution is 2.33. The van der Waals surface area contributed by atoms with E-state index in [0.29, 0.717) is 18.0 Å². The number of carbonyl (C=O) groups excluding carboxylic acids is 1. The number of hydrogen-bond acceptors (Lipinski definition) is 3. The van der Waals surface area contributed by atoms with Crippen LogP contribution in [0.5, 0.6) is 0 Å². The predicted octanol–water partition coefficient (Wildman–Crippen LogP) is 2.25. The second-order valence-electron chi connectivity index (χ2n) is 7.43. The van der Waals surface area contributed by atoms with Gasteiger partial charge in [-0.1, -0.05) is 12.1 Å². The maximum Gasteiger partial charge on any atom is 0.254 e. The van der Waals surface area contributed by atoms with Gasteiger partial charge in [0, 0.05) is 30.7 Å². The summed E-state index contributed by atoms with van der Waals surface area (Å²) in [7, 11) is 0. The van der Waals surface area contributed by atoms with Crippen LogP contribution >= 0.6 is 0 Å². The van der Waals surface area contributed by atoms with Crippen LogP contribution in [0.15, 0.2) is 18.2 Å². The first kappa shape index (κ1) is 15.2. The first-order valence-corrected chi connectivity index (χ1v) is 9.10. The molecule has 2 N–H and O–H groups in total. The lowest BCUT2D eigenvalue weighted by Gasteiger charge is -2.31. The van der Waals surface area contributed by atoms with Gasteiger partial charge in [0.2, 0.25) is 0 Å². The number of nitrogens with one attached hydrogen (secondary N) is 2. The van der Waals surface area contributed by atoms with Gasteiger partial charge >= 0.3 is 0 Å². The van der Waals surface area contributed by atoms with E-state index in [2.05, 4.69) is 40.7 Å². The Balaban J connectivity index is 1.53. The molecule has 0 saturated carbocycles. The third-order valence-corrected chi connectivity index (χ3v) is 5.77. The third-order valence-electron chi connectivity index (χ3n) is 5.77. The minimum atomic E-state index is 0.235. The second kappa shape index (κ2) is 6.25. The summed E-state index contributed by atoms with van der Waals surface area (Å²) in [5.74, 6) is 0.871. The molecule has 4 nitrogen and oxygen atoms in total. The third kappa shape index (κ3) is 2.90. The summed E-state index contributed by atoms with van der Waals surface area (Å²) in [4.78, 5) is 14.8. The number of rotatable bonds is 2. The van der Waals surface area contributed by atoms with E-state index >= 15 is 0 Å². The van der Waals surface area contributed by atoms with Crippen LogP contribution in [0.25, 0.3) is 0 Å². The Morgan fingerprint density at radius 2 is 2.13 bits per heavy atom. The second-order valence-corrected chi connectivity index (χ2v) is 7.43. The van der Waals surface area contributed by atoms with Crippen LogP contribution in [0.1, 0.15) is 60.0 Å². The van der Waals surface area contributed by atoms with E-state index in [1.54, 1.807) is 0 Å². The Bertz CT molecular complexity index is 594. The van der Waals surface area contributed by atoms with Crippen LogP contribution < -0.4 is 10.6 Å². The highest BCUT2D eigenvalue weighted by atomic mass is 16.2. The summed E-state index contributed by atoms with van der Waals surface area (Å²) in [5, 5.41) is 6.95. The van der Waals surface area contributed by atoms with Crippen molar-refractivity contribution in [2.75, 3.05) is 19.6 Å². The predicted molar refractivity (Wildman–Crippen MR) is 91.6 cm³/mol. The van der Waals surface area contributed by atoms with E-state index in [4.69, 9.17) is 0 Å². The van der Waals surface area contributed by atoms with Crippen molar-refractivity contribution >= 4 is 5.91 Å². The van der Waals surface area contributed by atoms with Gasteiger partial charge in [-0.3, -0.25) is 4.79 Å². The number of benzene rings is 1. The average Bonchev–Trinajstić information content (AvgIpc) is 2.92. The van der Waals surface area contributed by atoms with Gasteiger partial charge in [0.25, 0.3) is 5.91 Å². The van der Waals surface area contributed by atoms with Crippen molar-refractivity contribution in [3.05, 3.63) is 34.9 Å². The fraction of sp³-hybridized carbons (Fsp3) is 0.632. The molecule has 4 rings (SSSR count). The number of fused-ring (bicyclic) bond motifs is 1. The zero-order chi connectivity index (χ0) is 15.8. The van der Waals surface area contributed by atoms with Crippen LogP contribution in [-0.2, 0) is 6.54 Å². The molecule has 0 aromatic heterocycles. The average molecular weight is 313 g/mol. The zero-order valence-electron chi connectivity index (χ0n) is 14.0. The SMILES string of the molecule is CC1CC(c2ccc3c(c2)CN(C2CCCNC2)C3=O)CCN1. The zero-order valence-corrected chi connectivity index (χ0v) is 14.0. The molecule has 0 radical (unpaired) electrons. The van der Waals surface area contributed by atoms with Crippen LogP contribution in [-0.4, -0.2) is 42.5 Å². The van der Waals surface area contributed by atoms with Gasteiger partial charge in [0.1, 0.15) is 0 Å². The van der Waals surface area contributed by atoms with Crippen molar-refractivity contribution in [1.29, 1.82) is 0 Å². The van der Waals surface area contributed by atoms with Crippen molar-refractivity contribution in [3.8, 4) is 0 Å². The molecule has 0 aliphatic carbocycles. The molecule has 3 atom stereocenters. The highest BCUT2D eigenvalue weighted by molar-refractivity contribution is 5.98. The quantitative estimate of drug-likeness (QED) is 0.880. The fourth-order valence-electron chi connectivity index (χ4n) is 4.45. The van der Waals surface area contributed by atoms with Crippen molar-refractivity contribution in [3.63, 3.8) is 0 Å². The van der Waals surface area contributed by atoms with Crippen LogP contribution in [0.2, 0.25) is 0 Å². The molecule has 4 heteroatoms. The van der Waals surface area contributed by atoms with Gasteiger partial charge in [-0.15, -0.1) is 0 Å². The summed E-state index contributed by atoms with van der Waals surface area (Å²) < 4.78 is 0.